The second kappa shape index (κ2) is 8.28. The molecule has 27 heavy (non-hydrogen) atoms. The van der Waals surface area contributed by atoms with Crippen LogP contribution in [0.2, 0.25) is 5.02 Å². The van der Waals surface area contributed by atoms with Gasteiger partial charge in [0, 0.05) is 34.7 Å². The molecule has 1 N–H and O–H groups in total. The molecular formula is C23H26ClN3. The van der Waals surface area contributed by atoms with Crippen molar-refractivity contribution in [3.05, 3.63) is 59.6 Å². The lowest BCUT2D eigenvalue weighted by Crippen LogP contribution is -2.37. The Hall–Kier alpha value is -2.10. The van der Waals surface area contributed by atoms with Gasteiger partial charge in [-0.2, -0.15) is 0 Å². The smallest absolute Gasteiger partial charge is 0.0745 e. The van der Waals surface area contributed by atoms with Crippen molar-refractivity contribution in [2.24, 2.45) is 5.92 Å². The lowest BCUT2D eigenvalue weighted by Gasteiger charge is -2.34. The Balaban J connectivity index is 1.69. The maximum atomic E-state index is 6.26. The number of anilines is 1. The fraction of sp³-hybridized carbons (Fsp3) is 0.348. The average molecular weight is 380 g/mol. The van der Waals surface area contributed by atoms with E-state index in [1.54, 1.807) is 0 Å². The molecule has 1 aliphatic heterocycles. The van der Waals surface area contributed by atoms with Crippen molar-refractivity contribution < 1.29 is 0 Å². The van der Waals surface area contributed by atoms with Gasteiger partial charge in [0.2, 0.25) is 0 Å². The topological polar surface area (TPSA) is 28.2 Å². The van der Waals surface area contributed by atoms with Gasteiger partial charge in [-0.15, -0.1) is 0 Å². The number of hydrogen-bond acceptors (Lipinski definition) is 3. The third-order valence-electron chi connectivity index (χ3n) is 5.46. The molecule has 1 saturated heterocycles. The van der Waals surface area contributed by atoms with Gasteiger partial charge in [0.15, 0.2) is 0 Å². The van der Waals surface area contributed by atoms with Crippen molar-refractivity contribution in [3.8, 4) is 11.3 Å². The van der Waals surface area contributed by atoms with Crippen LogP contribution in [-0.4, -0.2) is 31.2 Å². The molecule has 4 heteroatoms. The van der Waals surface area contributed by atoms with Gasteiger partial charge in [0.1, 0.15) is 0 Å². The molecule has 0 unspecified atom stereocenters. The van der Waals surface area contributed by atoms with Crippen LogP contribution in [0.4, 0.5) is 5.69 Å². The third-order valence-corrected chi connectivity index (χ3v) is 5.69. The highest BCUT2D eigenvalue weighted by Crippen LogP contribution is 2.34. The molecule has 1 aromatic heterocycles. The molecule has 0 aliphatic carbocycles. The number of benzene rings is 2. The molecule has 3 aromatic rings. The summed E-state index contributed by atoms with van der Waals surface area (Å²) in [5, 5.41) is 5.41. The highest BCUT2D eigenvalue weighted by Gasteiger charge is 2.21. The molecule has 1 fully saturated rings. The number of fused-ring (bicyclic) bond motifs is 1. The first-order valence-electron chi connectivity index (χ1n) is 9.86. The maximum Gasteiger partial charge on any atom is 0.0745 e. The van der Waals surface area contributed by atoms with Gasteiger partial charge < -0.3 is 10.2 Å². The second-order valence-electron chi connectivity index (χ2n) is 7.29. The zero-order valence-corrected chi connectivity index (χ0v) is 16.5. The summed E-state index contributed by atoms with van der Waals surface area (Å²) < 4.78 is 0. The number of piperidine rings is 1. The Morgan fingerprint density at radius 3 is 2.59 bits per heavy atom. The van der Waals surface area contributed by atoms with Crippen LogP contribution in [0.25, 0.3) is 22.2 Å². The monoisotopic (exact) mass is 379 g/mol. The van der Waals surface area contributed by atoms with Gasteiger partial charge in [-0.05, 0) is 56.1 Å². The first-order chi connectivity index (χ1) is 13.2. The summed E-state index contributed by atoms with van der Waals surface area (Å²) in [4.78, 5) is 7.42. The zero-order chi connectivity index (χ0) is 18.6. The van der Waals surface area contributed by atoms with Crippen LogP contribution in [0.15, 0.2) is 54.6 Å². The highest BCUT2D eigenvalue weighted by atomic mass is 35.5. The van der Waals surface area contributed by atoms with Crippen LogP contribution in [0.1, 0.15) is 19.8 Å². The molecule has 2 aromatic carbocycles. The largest absolute Gasteiger partial charge is 0.371 e. The normalized spacial score (nSPS) is 15.4. The van der Waals surface area contributed by atoms with E-state index in [0.29, 0.717) is 0 Å². The fourth-order valence-electron chi connectivity index (χ4n) is 3.93. The Morgan fingerprint density at radius 1 is 1.07 bits per heavy atom. The minimum absolute atomic E-state index is 0.732. The van der Waals surface area contributed by atoms with Crippen LogP contribution in [-0.2, 0) is 0 Å². The van der Waals surface area contributed by atoms with Crippen LogP contribution >= 0.6 is 11.6 Å². The number of pyridine rings is 1. The SMILES string of the molecule is CCNCC1CCN(c2cc(-c3ccccc3)nc3cc(Cl)ccc23)CC1. The van der Waals surface area contributed by atoms with Gasteiger partial charge in [-0.3, -0.25) is 0 Å². The molecule has 0 saturated carbocycles. The standard InChI is InChI=1S/C23H26ClN3/c1-2-25-16-17-10-12-27(13-11-17)23-15-21(18-6-4-3-5-7-18)26-22-14-19(24)8-9-20(22)23/h3-9,14-15,17,25H,2,10-13,16H2,1H3. The number of rotatable bonds is 5. The lowest BCUT2D eigenvalue weighted by atomic mass is 9.95. The van der Waals surface area contributed by atoms with Crippen molar-refractivity contribution in [3.63, 3.8) is 0 Å². The van der Waals surface area contributed by atoms with Crippen molar-refractivity contribution in [1.29, 1.82) is 0 Å². The molecule has 0 spiro atoms. The summed E-state index contributed by atoms with van der Waals surface area (Å²) in [6, 6.07) is 18.7. The summed E-state index contributed by atoms with van der Waals surface area (Å²) in [5.74, 6) is 0.775. The first-order valence-corrected chi connectivity index (χ1v) is 10.2. The van der Waals surface area contributed by atoms with E-state index in [2.05, 4.69) is 53.5 Å². The van der Waals surface area contributed by atoms with Crippen LogP contribution in [0.5, 0.6) is 0 Å². The Kier molecular flexibility index (Phi) is 5.61. The number of nitrogens with zero attached hydrogens (tertiary/aromatic N) is 2. The predicted octanol–water partition coefficient (Wildman–Crippen LogP) is 5.38. The van der Waals surface area contributed by atoms with Gasteiger partial charge in [-0.25, -0.2) is 4.98 Å². The fourth-order valence-corrected chi connectivity index (χ4v) is 4.09. The van der Waals surface area contributed by atoms with E-state index < -0.39 is 0 Å². The Bertz CT molecular complexity index is 902. The number of aromatic nitrogens is 1. The minimum Gasteiger partial charge on any atom is -0.371 e. The Labute approximate surface area is 166 Å². The van der Waals surface area contributed by atoms with E-state index in [4.69, 9.17) is 16.6 Å². The van der Waals surface area contributed by atoms with Crippen molar-refractivity contribution in [1.82, 2.24) is 10.3 Å². The van der Waals surface area contributed by atoms with E-state index in [1.807, 2.05) is 18.2 Å². The highest BCUT2D eigenvalue weighted by molar-refractivity contribution is 6.31. The molecular weight excluding hydrogens is 354 g/mol. The van der Waals surface area contributed by atoms with E-state index in [-0.39, 0.29) is 0 Å². The molecule has 1 aliphatic rings. The molecule has 3 nitrogen and oxygen atoms in total. The van der Waals surface area contributed by atoms with Crippen LogP contribution < -0.4 is 10.2 Å². The molecule has 140 valence electrons. The summed E-state index contributed by atoms with van der Waals surface area (Å²) in [6.07, 6.45) is 2.45. The average Bonchev–Trinajstić information content (AvgIpc) is 2.72. The molecule has 4 rings (SSSR count). The molecule has 0 amide bonds. The second-order valence-corrected chi connectivity index (χ2v) is 7.73. The van der Waals surface area contributed by atoms with E-state index in [1.165, 1.54) is 23.9 Å². The van der Waals surface area contributed by atoms with Crippen LogP contribution in [0.3, 0.4) is 0 Å². The van der Waals surface area contributed by atoms with Gasteiger partial charge in [0.25, 0.3) is 0 Å². The number of halogens is 1. The van der Waals surface area contributed by atoms with Crippen molar-refractivity contribution in [2.75, 3.05) is 31.1 Å². The van der Waals surface area contributed by atoms with E-state index in [9.17, 15) is 0 Å². The number of hydrogen-bond donors (Lipinski definition) is 1. The zero-order valence-electron chi connectivity index (χ0n) is 15.8. The summed E-state index contributed by atoms with van der Waals surface area (Å²) in [7, 11) is 0. The molecule has 0 radical (unpaired) electrons. The summed E-state index contributed by atoms with van der Waals surface area (Å²) in [5.41, 5.74) is 4.39. The molecule has 2 heterocycles. The Morgan fingerprint density at radius 2 is 1.85 bits per heavy atom. The van der Waals surface area contributed by atoms with Crippen molar-refractivity contribution >= 4 is 28.2 Å². The predicted molar refractivity (Wildman–Crippen MR) is 116 cm³/mol. The third kappa shape index (κ3) is 4.10. The summed E-state index contributed by atoms with van der Waals surface area (Å²) >= 11 is 6.26. The minimum atomic E-state index is 0.732. The number of nitrogens with one attached hydrogen (secondary N) is 1. The summed E-state index contributed by atoms with van der Waals surface area (Å²) in [6.45, 7) is 6.54. The molecule has 0 bridgehead atoms. The molecule has 0 atom stereocenters. The lowest BCUT2D eigenvalue weighted by molar-refractivity contribution is 0.387. The van der Waals surface area contributed by atoms with E-state index >= 15 is 0 Å². The quantitative estimate of drug-likeness (QED) is 0.644. The van der Waals surface area contributed by atoms with Gasteiger partial charge in [0.05, 0.1) is 11.2 Å². The van der Waals surface area contributed by atoms with E-state index in [0.717, 1.165) is 53.9 Å². The van der Waals surface area contributed by atoms with Crippen LogP contribution in [0, 0.1) is 5.92 Å². The first kappa shape index (κ1) is 18.3. The van der Waals surface area contributed by atoms with Crippen molar-refractivity contribution in [2.45, 2.75) is 19.8 Å². The van der Waals surface area contributed by atoms with Gasteiger partial charge in [-0.1, -0.05) is 48.9 Å². The maximum absolute atomic E-state index is 6.26. The van der Waals surface area contributed by atoms with Gasteiger partial charge >= 0.3 is 0 Å².